The molecule has 5 rings (SSSR count). The van der Waals surface area contributed by atoms with Gasteiger partial charge in [0, 0.05) is 23.2 Å². The molecule has 6 heteroatoms. The van der Waals surface area contributed by atoms with E-state index in [0.717, 1.165) is 24.5 Å². The Morgan fingerprint density at radius 3 is 3.04 bits per heavy atom. The molecule has 0 aliphatic carbocycles. The molecule has 0 bridgehead atoms. The van der Waals surface area contributed by atoms with Gasteiger partial charge in [-0.05, 0) is 50.0 Å². The molecule has 138 valence electrons. The minimum atomic E-state index is 0.575. The average Bonchev–Trinajstić information content (AvgIpc) is 3.29. The number of thiophene rings is 1. The number of imidazole rings is 1. The molecule has 0 radical (unpaired) electrons. The van der Waals surface area contributed by atoms with Crippen LogP contribution in [-0.2, 0) is 0 Å². The maximum absolute atomic E-state index is 6.04. The molecule has 4 aromatic rings. The minimum absolute atomic E-state index is 0.575. The molecule has 5 nitrogen and oxygen atoms in total. The van der Waals surface area contributed by atoms with E-state index >= 15 is 0 Å². The molecule has 1 saturated heterocycles. The Hall–Kier alpha value is -2.44. The van der Waals surface area contributed by atoms with Crippen LogP contribution in [0.15, 0.2) is 48.7 Å². The van der Waals surface area contributed by atoms with Crippen LogP contribution in [0.2, 0.25) is 0 Å². The predicted molar refractivity (Wildman–Crippen MR) is 110 cm³/mol. The van der Waals surface area contributed by atoms with Gasteiger partial charge in [-0.25, -0.2) is 9.50 Å². The summed E-state index contributed by atoms with van der Waals surface area (Å²) in [6.45, 7) is 3.00. The molecule has 1 aliphatic rings. The molecule has 0 amide bonds. The summed E-state index contributed by atoms with van der Waals surface area (Å²) >= 11 is 1.76. The fraction of sp³-hybridized carbons (Fsp3) is 0.333. The van der Waals surface area contributed by atoms with Crippen molar-refractivity contribution in [3.8, 4) is 16.5 Å². The van der Waals surface area contributed by atoms with E-state index in [2.05, 4.69) is 47.3 Å². The van der Waals surface area contributed by atoms with E-state index in [0.29, 0.717) is 11.8 Å². The van der Waals surface area contributed by atoms with Crippen molar-refractivity contribution in [1.82, 2.24) is 19.5 Å². The zero-order valence-corrected chi connectivity index (χ0v) is 16.2. The summed E-state index contributed by atoms with van der Waals surface area (Å²) in [6.07, 6.45) is 4.37. The van der Waals surface area contributed by atoms with Crippen LogP contribution < -0.4 is 4.74 Å². The first-order valence-corrected chi connectivity index (χ1v) is 10.2. The van der Waals surface area contributed by atoms with E-state index < -0.39 is 0 Å². The quantitative estimate of drug-likeness (QED) is 0.530. The number of hydrogen-bond acceptors (Lipinski definition) is 5. The Morgan fingerprint density at radius 2 is 2.15 bits per heavy atom. The fourth-order valence-corrected chi connectivity index (χ4v) is 4.88. The first-order valence-electron chi connectivity index (χ1n) is 9.41. The lowest BCUT2D eigenvalue weighted by Crippen LogP contribution is -2.34. The number of likely N-dealkylation sites (tertiary alicyclic amines) is 1. The average molecular weight is 379 g/mol. The molecule has 3 aromatic heterocycles. The van der Waals surface area contributed by atoms with Crippen molar-refractivity contribution in [1.29, 1.82) is 0 Å². The smallest absolute Gasteiger partial charge is 0.231 e. The molecule has 1 unspecified atom stereocenters. The van der Waals surface area contributed by atoms with E-state index in [4.69, 9.17) is 9.84 Å². The largest absolute Gasteiger partial charge is 0.476 e. The minimum Gasteiger partial charge on any atom is -0.476 e. The molecule has 27 heavy (non-hydrogen) atoms. The Morgan fingerprint density at radius 1 is 1.22 bits per heavy atom. The summed E-state index contributed by atoms with van der Waals surface area (Å²) in [5.74, 6) is 1.24. The number of hydrogen-bond donors (Lipinski definition) is 0. The lowest BCUT2D eigenvalue weighted by atomic mass is 10.00. The molecule has 0 spiro atoms. The van der Waals surface area contributed by atoms with Gasteiger partial charge in [0.1, 0.15) is 5.69 Å². The zero-order valence-electron chi connectivity index (χ0n) is 15.3. The fourth-order valence-electron chi connectivity index (χ4n) is 3.82. The van der Waals surface area contributed by atoms with Crippen LogP contribution in [0.1, 0.15) is 12.8 Å². The Kier molecular flexibility index (Phi) is 4.30. The normalized spacial score (nSPS) is 18.3. The third kappa shape index (κ3) is 3.31. The molecule has 1 fully saturated rings. The molecule has 1 atom stereocenters. The van der Waals surface area contributed by atoms with E-state index in [1.807, 2.05) is 22.8 Å². The van der Waals surface area contributed by atoms with Crippen LogP contribution in [0.3, 0.4) is 0 Å². The number of aromatic nitrogens is 3. The van der Waals surface area contributed by atoms with Gasteiger partial charge in [0.2, 0.25) is 5.88 Å². The first kappa shape index (κ1) is 16.7. The van der Waals surface area contributed by atoms with Crippen molar-refractivity contribution >= 4 is 27.1 Å². The third-order valence-corrected chi connectivity index (χ3v) is 6.34. The van der Waals surface area contributed by atoms with Crippen molar-refractivity contribution in [2.45, 2.75) is 12.8 Å². The first-order chi connectivity index (χ1) is 13.3. The van der Waals surface area contributed by atoms with Crippen molar-refractivity contribution in [2.24, 2.45) is 5.92 Å². The lowest BCUT2D eigenvalue weighted by Gasteiger charge is -2.29. The van der Waals surface area contributed by atoms with Gasteiger partial charge in [-0.15, -0.1) is 16.4 Å². The van der Waals surface area contributed by atoms with E-state index in [-0.39, 0.29) is 0 Å². The zero-order chi connectivity index (χ0) is 18.2. The summed E-state index contributed by atoms with van der Waals surface area (Å²) in [6, 6.07) is 14.5. The SMILES string of the molecule is CN1CCCC(COc2ccc3ncc(-c4cc5ccccc5s4)n3n2)C1. The van der Waals surface area contributed by atoms with Crippen LogP contribution in [-0.4, -0.2) is 46.2 Å². The number of ether oxygens (including phenoxy) is 1. The second-order valence-electron chi connectivity index (χ2n) is 7.31. The highest BCUT2D eigenvalue weighted by atomic mass is 32.1. The summed E-state index contributed by atoms with van der Waals surface area (Å²) < 4.78 is 9.21. The summed E-state index contributed by atoms with van der Waals surface area (Å²) in [5.41, 5.74) is 1.85. The van der Waals surface area contributed by atoms with Gasteiger partial charge in [0.25, 0.3) is 0 Å². The highest BCUT2D eigenvalue weighted by molar-refractivity contribution is 7.22. The van der Waals surface area contributed by atoms with Gasteiger partial charge >= 0.3 is 0 Å². The topological polar surface area (TPSA) is 42.7 Å². The van der Waals surface area contributed by atoms with E-state index in [9.17, 15) is 0 Å². The van der Waals surface area contributed by atoms with Crippen LogP contribution >= 0.6 is 11.3 Å². The van der Waals surface area contributed by atoms with Gasteiger partial charge in [-0.2, -0.15) is 0 Å². The highest BCUT2D eigenvalue weighted by Gasteiger charge is 2.18. The third-order valence-electron chi connectivity index (χ3n) is 5.20. The number of fused-ring (bicyclic) bond motifs is 2. The number of piperidine rings is 1. The number of rotatable bonds is 4. The Labute approximate surface area is 162 Å². The molecule has 1 aromatic carbocycles. The standard InChI is InChI=1S/C21H22N4OS/c1-24-10-4-5-15(13-24)14-26-21-9-8-20-22-12-17(25(20)23-21)19-11-16-6-2-3-7-18(16)27-19/h2-3,6-9,11-12,15H,4-5,10,13-14H2,1H3. The monoisotopic (exact) mass is 378 g/mol. The van der Waals surface area contributed by atoms with Crippen LogP contribution in [0, 0.1) is 5.92 Å². The maximum Gasteiger partial charge on any atom is 0.231 e. The second-order valence-corrected chi connectivity index (χ2v) is 8.40. The summed E-state index contributed by atoms with van der Waals surface area (Å²) in [5, 5.41) is 5.96. The molecule has 1 aliphatic heterocycles. The van der Waals surface area contributed by atoms with Gasteiger partial charge in [0.15, 0.2) is 5.65 Å². The maximum atomic E-state index is 6.04. The molecule has 0 saturated carbocycles. The van der Waals surface area contributed by atoms with Crippen LogP contribution in [0.4, 0.5) is 0 Å². The van der Waals surface area contributed by atoms with E-state index in [1.165, 1.54) is 34.3 Å². The highest BCUT2D eigenvalue weighted by Crippen LogP contribution is 2.33. The van der Waals surface area contributed by atoms with Crippen molar-refractivity contribution in [3.05, 3.63) is 48.7 Å². The number of nitrogens with zero attached hydrogens (tertiary/aromatic N) is 4. The summed E-state index contributed by atoms with van der Waals surface area (Å²) in [4.78, 5) is 8.06. The van der Waals surface area contributed by atoms with Crippen molar-refractivity contribution in [3.63, 3.8) is 0 Å². The molecule has 4 heterocycles. The van der Waals surface area contributed by atoms with Crippen LogP contribution in [0.5, 0.6) is 5.88 Å². The molecular weight excluding hydrogens is 356 g/mol. The Bertz CT molecular complexity index is 1050. The van der Waals surface area contributed by atoms with E-state index in [1.54, 1.807) is 11.3 Å². The van der Waals surface area contributed by atoms with Gasteiger partial charge in [-0.1, -0.05) is 18.2 Å². The van der Waals surface area contributed by atoms with Gasteiger partial charge in [0.05, 0.1) is 17.7 Å². The summed E-state index contributed by atoms with van der Waals surface area (Å²) in [7, 11) is 2.18. The predicted octanol–water partition coefficient (Wildman–Crippen LogP) is 4.33. The number of benzene rings is 1. The second kappa shape index (κ2) is 6.94. The van der Waals surface area contributed by atoms with Crippen molar-refractivity contribution in [2.75, 3.05) is 26.7 Å². The molecular formula is C21H22N4OS. The van der Waals surface area contributed by atoms with Gasteiger partial charge in [-0.3, -0.25) is 0 Å². The lowest BCUT2D eigenvalue weighted by molar-refractivity contribution is 0.146. The van der Waals surface area contributed by atoms with Crippen LogP contribution in [0.25, 0.3) is 26.3 Å². The van der Waals surface area contributed by atoms with Gasteiger partial charge < -0.3 is 9.64 Å². The van der Waals surface area contributed by atoms with Crippen molar-refractivity contribution < 1.29 is 4.74 Å². The molecule has 0 N–H and O–H groups in total. The Balaban J connectivity index is 1.42.